The van der Waals surface area contributed by atoms with Gasteiger partial charge in [0.1, 0.15) is 11.3 Å². The summed E-state index contributed by atoms with van der Waals surface area (Å²) in [5.74, 6) is 0.910. The molecule has 2 aromatic carbocycles. The average Bonchev–Trinajstić information content (AvgIpc) is 3.21. The molecule has 0 fully saturated rings. The van der Waals surface area contributed by atoms with Gasteiger partial charge in [0.15, 0.2) is 12.2 Å². The van der Waals surface area contributed by atoms with Crippen LogP contribution in [0.2, 0.25) is 0 Å². The first-order valence-corrected chi connectivity index (χ1v) is 9.78. The first-order valence-electron chi connectivity index (χ1n) is 9.78. The topological polar surface area (TPSA) is 106 Å². The van der Waals surface area contributed by atoms with E-state index in [0.717, 1.165) is 28.8 Å². The van der Waals surface area contributed by atoms with E-state index >= 15 is 0 Å². The van der Waals surface area contributed by atoms with Crippen LogP contribution in [0.5, 0.6) is 5.75 Å². The SMILES string of the molecule is CCC1CC(=O)NN=C1c1ccc2nc(-c3ccc(OCC(=O)NC)cc3)oc2c1. The van der Waals surface area contributed by atoms with Crippen LogP contribution in [0.1, 0.15) is 25.3 Å². The van der Waals surface area contributed by atoms with Gasteiger partial charge in [-0.05, 0) is 42.8 Å². The number of likely N-dealkylation sites (N-methyl/N-ethyl adjacent to an activating group) is 1. The highest BCUT2D eigenvalue weighted by Gasteiger charge is 2.24. The van der Waals surface area contributed by atoms with Crippen molar-refractivity contribution in [3.63, 3.8) is 0 Å². The molecule has 0 spiro atoms. The summed E-state index contributed by atoms with van der Waals surface area (Å²) >= 11 is 0. The Balaban J connectivity index is 1.57. The van der Waals surface area contributed by atoms with Crippen LogP contribution in [0.4, 0.5) is 0 Å². The predicted molar refractivity (Wildman–Crippen MR) is 112 cm³/mol. The number of hydrogen-bond acceptors (Lipinski definition) is 6. The molecule has 0 radical (unpaired) electrons. The average molecular weight is 406 g/mol. The first kappa shape index (κ1) is 19.6. The molecule has 1 aromatic heterocycles. The summed E-state index contributed by atoms with van der Waals surface area (Å²) in [4.78, 5) is 27.5. The van der Waals surface area contributed by atoms with E-state index in [-0.39, 0.29) is 24.3 Å². The molecule has 8 heteroatoms. The van der Waals surface area contributed by atoms with Gasteiger partial charge < -0.3 is 14.5 Å². The number of oxazole rings is 1. The van der Waals surface area contributed by atoms with Crippen molar-refractivity contribution in [1.29, 1.82) is 0 Å². The summed E-state index contributed by atoms with van der Waals surface area (Å²) in [6, 6.07) is 12.9. The molecule has 0 aliphatic carbocycles. The molecular weight excluding hydrogens is 384 g/mol. The van der Waals surface area contributed by atoms with Crippen molar-refractivity contribution in [2.24, 2.45) is 11.0 Å². The molecule has 0 saturated heterocycles. The number of benzene rings is 2. The highest BCUT2D eigenvalue weighted by molar-refractivity contribution is 6.07. The van der Waals surface area contributed by atoms with Crippen molar-refractivity contribution in [1.82, 2.24) is 15.7 Å². The number of fused-ring (bicyclic) bond motifs is 1. The third-order valence-corrected chi connectivity index (χ3v) is 5.05. The maximum Gasteiger partial charge on any atom is 0.257 e. The highest BCUT2D eigenvalue weighted by atomic mass is 16.5. The zero-order chi connectivity index (χ0) is 21.1. The van der Waals surface area contributed by atoms with Crippen LogP contribution in [0.3, 0.4) is 0 Å². The minimum atomic E-state index is -0.193. The van der Waals surface area contributed by atoms with E-state index in [1.165, 1.54) is 0 Å². The lowest BCUT2D eigenvalue weighted by Crippen LogP contribution is -2.33. The number of hydrazone groups is 1. The second kappa shape index (κ2) is 8.36. The molecule has 1 unspecified atom stereocenters. The van der Waals surface area contributed by atoms with Gasteiger partial charge in [0, 0.05) is 30.5 Å². The van der Waals surface area contributed by atoms with E-state index in [2.05, 4.69) is 20.8 Å². The fraction of sp³-hybridized carbons (Fsp3) is 0.273. The Kier molecular flexibility index (Phi) is 5.47. The van der Waals surface area contributed by atoms with Gasteiger partial charge in [0.05, 0.1) is 5.71 Å². The summed E-state index contributed by atoms with van der Waals surface area (Å²) in [7, 11) is 1.56. The second-order valence-electron chi connectivity index (χ2n) is 7.03. The van der Waals surface area contributed by atoms with Gasteiger partial charge in [-0.25, -0.2) is 10.4 Å². The lowest BCUT2D eigenvalue weighted by molar-refractivity contribution is -0.123. The summed E-state index contributed by atoms with van der Waals surface area (Å²) in [5, 5.41) is 6.77. The largest absolute Gasteiger partial charge is 0.484 e. The summed E-state index contributed by atoms with van der Waals surface area (Å²) in [5.41, 5.74) is 6.52. The zero-order valence-electron chi connectivity index (χ0n) is 16.8. The Hall–Kier alpha value is -3.68. The first-order chi connectivity index (χ1) is 14.6. The molecule has 154 valence electrons. The molecule has 4 rings (SSSR count). The normalized spacial score (nSPS) is 16.1. The van der Waals surface area contributed by atoms with E-state index in [1.54, 1.807) is 19.2 Å². The number of hydrogen-bond donors (Lipinski definition) is 2. The molecular formula is C22H22N4O4. The highest BCUT2D eigenvalue weighted by Crippen LogP contribution is 2.28. The van der Waals surface area contributed by atoms with Gasteiger partial charge in [-0.2, -0.15) is 5.10 Å². The molecule has 8 nitrogen and oxygen atoms in total. The molecule has 1 atom stereocenters. The van der Waals surface area contributed by atoms with Crippen molar-refractivity contribution in [3.8, 4) is 17.2 Å². The molecule has 1 aliphatic heterocycles. The van der Waals surface area contributed by atoms with Crippen molar-refractivity contribution < 1.29 is 18.7 Å². The predicted octanol–water partition coefficient (Wildman–Crippen LogP) is 2.87. The van der Waals surface area contributed by atoms with Gasteiger partial charge in [0.2, 0.25) is 11.8 Å². The van der Waals surface area contributed by atoms with E-state index in [4.69, 9.17) is 9.15 Å². The Bertz CT molecular complexity index is 1120. The summed E-state index contributed by atoms with van der Waals surface area (Å²) in [6.45, 7) is 2.01. The van der Waals surface area contributed by atoms with Crippen LogP contribution < -0.4 is 15.5 Å². The van der Waals surface area contributed by atoms with Crippen LogP contribution in [-0.4, -0.2) is 36.2 Å². The standard InChI is InChI=1S/C22H22N4O4/c1-3-13-11-19(27)25-26-21(13)15-6-9-17-18(10-15)30-22(24-17)14-4-7-16(8-5-14)29-12-20(28)23-2/h4-10,13H,3,11-12H2,1-2H3,(H,23,28)(H,25,27). The number of carbonyl (C=O) groups is 2. The number of aromatic nitrogens is 1. The number of nitrogens with one attached hydrogen (secondary N) is 2. The molecule has 1 aliphatic rings. The second-order valence-corrected chi connectivity index (χ2v) is 7.03. The maximum atomic E-state index is 11.6. The Morgan fingerprint density at radius 1 is 1.23 bits per heavy atom. The number of nitrogens with zero attached hydrogens (tertiary/aromatic N) is 2. The molecule has 2 N–H and O–H groups in total. The maximum absolute atomic E-state index is 11.6. The smallest absolute Gasteiger partial charge is 0.257 e. The Morgan fingerprint density at radius 2 is 2.00 bits per heavy atom. The number of amides is 2. The van der Waals surface area contributed by atoms with Crippen LogP contribution in [0, 0.1) is 5.92 Å². The van der Waals surface area contributed by atoms with Crippen LogP contribution in [0.25, 0.3) is 22.6 Å². The van der Waals surface area contributed by atoms with Crippen molar-refractivity contribution in [3.05, 3.63) is 48.0 Å². The molecule has 3 aromatic rings. The van der Waals surface area contributed by atoms with Crippen LogP contribution in [-0.2, 0) is 9.59 Å². The third-order valence-electron chi connectivity index (χ3n) is 5.05. The fourth-order valence-electron chi connectivity index (χ4n) is 3.34. The van der Waals surface area contributed by atoms with E-state index in [0.29, 0.717) is 23.6 Å². The minimum absolute atomic E-state index is 0.0371. The van der Waals surface area contributed by atoms with Gasteiger partial charge in [-0.1, -0.05) is 13.0 Å². The third kappa shape index (κ3) is 4.03. The van der Waals surface area contributed by atoms with Gasteiger partial charge in [-0.15, -0.1) is 0 Å². The quantitative estimate of drug-likeness (QED) is 0.655. The van der Waals surface area contributed by atoms with E-state index in [9.17, 15) is 9.59 Å². The van der Waals surface area contributed by atoms with Crippen molar-refractivity contribution >= 4 is 28.6 Å². The van der Waals surface area contributed by atoms with E-state index < -0.39 is 0 Å². The van der Waals surface area contributed by atoms with Crippen molar-refractivity contribution in [2.45, 2.75) is 19.8 Å². The van der Waals surface area contributed by atoms with Crippen LogP contribution in [0.15, 0.2) is 52.0 Å². The molecule has 30 heavy (non-hydrogen) atoms. The lowest BCUT2D eigenvalue weighted by Gasteiger charge is -2.21. The van der Waals surface area contributed by atoms with Gasteiger partial charge >= 0.3 is 0 Å². The van der Waals surface area contributed by atoms with E-state index in [1.807, 2.05) is 37.3 Å². The lowest BCUT2D eigenvalue weighted by atomic mass is 9.90. The zero-order valence-corrected chi connectivity index (χ0v) is 16.8. The summed E-state index contributed by atoms with van der Waals surface area (Å²) in [6.07, 6.45) is 1.27. The van der Waals surface area contributed by atoms with Crippen LogP contribution >= 0.6 is 0 Å². The number of carbonyl (C=O) groups excluding carboxylic acids is 2. The Morgan fingerprint density at radius 3 is 2.73 bits per heavy atom. The van der Waals surface area contributed by atoms with Gasteiger partial charge in [-0.3, -0.25) is 9.59 Å². The molecule has 2 heterocycles. The number of rotatable bonds is 6. The Labute approximate surface area is 173 Å². The monoisotopic (exact) mass is 406 g/mol. The van der Waals surface area contributed by atoms with Crippen molar-refractivity contribution in [2.75, 3.05) is 13.7 Å². The molecule has 0 bridgehead atoms. The summed E-state index contributed by atoms with van der Waals surface area (Å²) < 4.78 is 11.4. The minimum Gasteiger partial charge on any atom is -0.484 e. The van der Waals surface area contributed by atoms with Gasteiger partial charge in [0.25, 0.3) is 5.91 Å². The molecule has 0 saturated carbocycles. The number of ether oxygens (including phenoxy) is 1. The molecule has 2 amide bonds. The fourth-order valence-corrected chi connectivity index (χ4v) is 3.34.